The molecule has 0 saturated carbocycles. The first-order chi connectivity index (χ1) is 13.8. The molecule has 1 fully saturated rings. The Morgan fingerprint density at radius 2 is 1.79 bits per heavy atom. The normalized spacial score (nSPS) is 15.9. The van der Waals surface area contributed by atoms with Crippen molar-refractivity contribution in [1.82, 2.24) is 9.21 Å². The van der Waals surface area contributed by atoms with Gasteiger partial charge >= 0.3 is 0 Å². The van der Waals surface area contributed by atoms with Crippen molar-refractivity contribution < 1.29 is 18.1 Å². The molecule has 1 saturated heterocycles. The number of halogens is 1. The van der Waals surface area contributed by atoms with E-state index >= 15 is 0 Å². The van der Waals surface area contributed by atoms with Crippen LogP contribution in [-0.2, 0) is 14.8 Å². The van der Waals surface area contributed by atoms with Crippen LogP contribution in [0.25, 0.3) is 0 Å². The van der Waals surface area contributed by atoms with Crippen LogP contribution in [0.1, 0.15) is 6.42 Å². The van der Waals surface area contributed by atoms with Crippen molar-refractivity contribution >= 4 is 50.2 Å². The summed E-state index contributed by atoms with van der Waals surface area (Å²) in [5, 5.41) is 13.3. The number of hydrogen-bond acceptors (Lipinski definition) is 7. The minimum Gasteiger partial charge on any atom is -0.326 e. The number of carbonyl (C=O) groups excluding carboxylic acids is 1. The van der Waals surface area contributed by atoms with Gasteiger partial charge in [0, 0.05) is 57.0 Å². The molecule has 2 aromatic rings. The summed E-state index contributed by atoms with van der Waals surface area (Å²) < 4.78 is 27.3. The van der Waals surface area contributed by atoms with Crippen molar-refractivity contribution in [3.63, 3.8) is 0 Å². The van der Waals surface area contributed by atoms with Gasteiger partial charge in [0.05, 0.1) is 9.26 Å². The fourth-order valence-corrected chi connectivity index (χ4v) is 5.97. The number of thiophene rings is 1. The first-order valence-electron chi connectivity index (χ1n) is 8.78. The van der Waals surface area contributed by atoms with Gasteiger partial charge in [-0.25, -0.2) is 8.42 Å². The van der Waals surface area contributed by atoms with E-state index in [-0.39, 0.29) is 22.2 Å². The van der Waals surface area contributed by atoms with E-state index in [9.17, 15) is 23.3 Å². The quantitative estimate of drug-likeness (QED) is 0.504. The predicted octanol–water partition coefficient (Wildman–Crippen LogP) is 2.64. The van der Waals surface area contributed by atoms with Crippen LogP contribution in [0.4, 0.5) is 11.4 Å². The maximum absolute atomic E-state index is 12.6. The van der Waals surface area contributed by atoms with Crippen LogP contribution in [0.15, 0.2) is 40.6 Å². The first-order valence-corrected chi connectivity index (χ1v) is 11.4. The monoisotopic (exact) mass is 458 g/mol. The Hall–Kier alpha value is -2.05. The topological polar surface area (TPSA) is 113 Å². The predicted molar refractivity (Wildman–Crippen MR) is 111 cm³/mol. The Bertz CT molecular complexity index is 986. The van der Waals surface area contributed by atoms with Crippen LogP contribution in [0.3, 0.4) is 0 Å². The van der Waals surface area contributed by atoms with Gasteiger partial charge in [0.2, 0.25) is 5.91 Å². The van der Waals surface area contributed by atoms with Crippen LogP contribution in [-0.4, -0.2) is 61.2 Å². The van der Waals surface area contributed by atoms with Gasteiger partial charge < -0.3 is 10.2 Å². The number of nitrogens with one attached hydrogen (secondary N) is 1. The van der Waals surface area contributed by atoms with Gasteiger partial charge in [-0.15, -0.1) is 11.3 Å². The summed E-state index contributed by atoms with van der Waals surface area (Å²) in [6.07, 6.45) is 0.240. The molecular formula is C17H19ClN4O5S2. The van der Waals surface area contributed by atoms with Crippen LogP contribution in [0.2, 0.25) is 4.34 Å². The van der Waals surface area contributed by atoms with E-state index in [4.69, 9.17) is 11.6 Å². The molecule has 1 aromatic carbocycles. The van der Waals surface area contributed by atoms with Crippen molar-refractivity contribution in [3.8, 4) is 0 Å². The van der Waals surface area contributed by atoms with Gasteiger partial charge in [-0.1, -0.05) is 11.6 Å². The molecule has 1 aliphatic heterocycles. The number of nitrogens with zero attached hydrogens (tertiary/aromatic N) is 3. The lowest BCUT2D eigenvalue weighted by atomic mass is 10.2. The number of carbonyl (C=O) groups is 1. The third kappa shape index (κ3) is 5.52. The van der Waals surface area contributed by atoms with Crippen LogP contribution < -0.4 is 5.32 Å². The van der Waals surface area contributed by atoms with Gasteiger partial charge in [0.1, 0.15) is 4.21 Å². The molecule has 0 bridgehead atoms. The van der Waals surface area contributed by atoms with E-state index in [0.717, 1.165) is 11.3 Å². The van der Waals surface area contributed by atoms with E-state index in [2.05, 4.69) is 5.32 Å². The third-order valence-electron chi connectivity index (χ3n) is 4.49. The maximum atomic E-state index is 12.6. The highest BCUT2D eigenvalue weighted by Gasteiger charge is 2.29. The Morgan fingerprint density at radius 1 is 1.14 bits per heavy atom. The average Bonchev–Trinajstić information content (AvgIpc) is 3.14. The molecule has 12 heteroatoms. The number of nitro groups is 1. The van der Waals surface area contributed by atoms with E-state index in [1.807, 2.05) is 4.90 Å². The lowest BCUT2D eigenvalue weighted by molar-refractivity contribution is -0.384. The highest BCUT2D eigenvalue weighted by molar-refractivity contribution is 7.91. The molecule has 0 spiro atoms. The van der Waals surface area contributed by atoms with E-state index < -0.39 is 14.9 Å². The van der Waals surface area contributed by atoms with Crippen molar-refractivity contribution in [2.45, 2.75) is 10.6 Å². The van der Waals surface area contributed by atoms with Crippen LogP contribution in [0.5, 0.6) is 0 Å². The molecule has 1 N–H and O–H groups in total. The van der Waals surface area contributed by atoms with Gasteiger partial charge in [-0.05, 0) is 24.3 Å². The molecular weight excluding hydrogens is 440 g/mol. The zero-order valence-corrected chi connectivity index (χ0v) is 17.7. The summed E-state index contributed by atoms with van der Waals surface area (Å²) in [6.45, 7) is 2.26. The second-order valence-corrected chi connectivity index (χ2v) is 10.3. The maximum Gasteiger partial charge on any atom is 0.269 e. The summed E-state index contributed by atoms with van der Waals surface area (Å²) >= 11 is 6.88. The number of amides is 1. The van der Waals surface area contributed by atoms with Gasteiger partial charge in [0.25, 0.3) is 15.7 Å². The van der Waals surface area contributed by atoms with Crippen molar-refractivity contribution in [1.29, 1.82) is 0 Å². The number of benzene rings is 1. The number of nitro benzene ring substituents is 1. The van der Waals surface area contributed by atoms with E-state index in [1.54, 1.807) is 6.07 Å². The number of sulfonamides is 1. The summed E-state index contributed by atoms with van der Waals surface area (Å²) in [6, 6.07) is 8.70. The molecule has 0 aliphatic carbocycles. The Kier molecular flexibility index (Phi) is 6.85. The molecule has 1 aliphatic rings. The molecule has 1 aromatic heterocycles. The molecule has 156 valence electrons. The lowest BCUT2D eigenvalue weighted by Gasteiger charge is -2.33. The van der Waals surface area contributed by atoms with Crippen molar-refractivity contribution in [2.75, 3.05) is 38.0 Å². The Balaban J connectivity index is 1.45. The van der Waals surface area contributed by atoms with Crippen molar-refractivity contribution in [2.24, 2.45) is 0 Å². The van der Waals surface area contributed by atoms with E-state index in [0.29, 0.717) is 42.7 Å². The minimum absolute atomic E-state index is 0.0411. The average molecular weight is 459 g/mol. The largest absolute Gasteiger partial charge is 0.326 e. The first kappa shape index (κ1) is 21.7. The van der Waals surface area contributed by atoms with Crippen molar-refractivity contribution in [3.05, 3.63) is 50.8 Å². The Labute approximate surface area is 177 Å². The lowest BCUT2D eigenvalue weighted by Crippen LogP contribution is -2.48. The number of non-ortho nitro benzene ring substituents is 1. The number of piperazine rings is 1. The highest BCUT2D eigenvalue weighted by Crippen LogP contribution is 2.28. The Morgan fingerprint density at radius 3 is 2.34 bits per heavy atom. The van der Waals surface area contributed by atoms with E-state index in [1.165, 1.54) is 34.6 Å². The summed E-state index contributed by atoms with van der Waals surface area (Å²) in [5.41, 5.74) is 0.451. The van der Waals surface area contributed by atoms with Crippen LogP contribution >= 0.6 is 22.9 Å². The van der Waals surface area contributed by atoms with Crippen LogP contribution in [0, 0.1) is 10.1 Å². The highest BCUT2D eigenvalue weighted by atomic mass is 35.5. The number of rotatable bonds is 7. The summed E-state index contributed by atoms with van der Waals surface area (Å²) in [5.74, 6) is -0.206. The smallest absolute Gasteiger partial charge is 0.269 e. The number of hydrogen-bond donors (Lipinski definition) is 1. The second-order valence-electron chi connectivity index (χ2n) is 6.41. The molecule has 29 heavy (non-hydrogen) atoms. The molecule has 0 atom stereocenters. The molecule has 2 heterocycles. The molecule has 0 radical (unpaired) electrons. The molecule has 0 unspecified atom stereocenters. The second kappa shape index (κ2) is 9.18. The zero-order valence-electron chi connectivity index (χ0n) is 15.3. The minimum atomic E-state index is -3.53. The molecule has 3 rings (SSSR count). The summed E-state index contributed by atoms with van der Waals surface area (Å²) in [7, 11) is -3.53. The molecule has 1 amide bonds. The zero-order chi connectivity index (χ0) is 21.0. The number of anilines is 1. The fourth-order valence-electron chi connectivity index (χ4n) is 2.91. The fraction of sp³-hybridized carbons (Fsp3) is 0.353. The van der Waals surface area contributed by atoms with Gasteiger partial charge in [-0.2, -0.15) is 4.31 Å². The van der Waals surface area contributed by atoms with Gasteiger partial charge in [0.15, 0.2) is 0 Å². The molecule has 9 nitrogen and oxygen atoms in total. The third-order valence-corrected chi connectivity index (χ3v) is 8.09. The van der Waals surface area contributed by atoms with Gasteiger partial charge in [-0.3, -0.25) is 14.9 Å². The summed E-state index contributed by atoms with van der Waals surface area (Å²) in [4.78, 5) is 24.3. The standard InChI is InChI=1S/C17H19ClN4O5S2/c18-15-5-6-17(28-15)29(26,27)21-11-9-20(10-12-21)8-7-16(23)19-13-1-3-14(4-2-13)22(24)25/h1-6H,7-12H2,(H,19,23). The SMILES string of the molecule is O=C(CCN1CCN(S(=O)(=O)c2ccc(Cl)s2)CC1)Nc1ccc([N+](=O)[O-])cc1.